The lowest BCUT2D eigenvalue weighted by molar-refractivity contribution is -0.131. The number of carbonyl (C=O) groups excluding carboxylic acids is 1. The first kappa shape index (κ1) is 19.5. The lowest BCUT2D eigenvalue weighted by Gasteiger charge is -2.34. The second-order valence-corrected chi connectivity index (χ2v) is 8.57. The van der Waals surface area contributed by atoms with Crippen molar-refractivity contribution in [2.24, 2.45) is 7.05 Å². The van der Waals surface area contributed by atoms with Gasteiger partial charge in [-0.05, 0) is 26.0 Å². The van der Waals surface area contributed by atoms with Crippen LogP contribution in [0.3, 0.4) is 0 Å². The van der Waals surface area contributed by atoms with Crippen LogP contribution in [0.4, 0.5) is 4.39 Å². The molecule has 1 aliphatic heterocycles. The van der Waals surface area contributed by atoms with Crippen LogP contribution in [0.5, 0.6) is 0 Å². The number of aryl methyl sites for hydroxylation is 2. The van der Waals surface area contributed by atoms with Crippen LogP contribution in [-0.4, -0.2) is 59.5 Å². The number of amides is 1. The van der Waals surface area contributed by atoms with Gasteiger partial charge in [0, 0.05) is 44.5 Å². The Morgan fingerprint density at radius 1 is 1.15 bits per heavy atom. The molecule has 2 aromatic rings. The lowest BCUT2D eigenvalue weighted by Crippen LogP contribution is -2.51. The Morgan fingerprint density at radius 3 is 2.33 bits per heavy atom. The molecule has 2 heterocycles. The molecule has 0 atom stereocenters. The Kier molecular flexibility index (Phi) is 5.34. The molecule has 0 saturated carbocycles. The van der Waals surface area contributed by atoms with Crippen molar-refractivity contribution in [1.82, 2.24) is 19.0 Å². The zero-order chi connectivity index (χ0) is 19.8. The molecular weight excluding hydrogens is 371 g/mol. The smallest absolute Gasteiger partial charge is 0.246 e. The molecule has 1 saturated heterocycles. The predicted molar refractivity (Wildman–Crippen MR) is 98.1 cm³/mol. The zero-order valence-corrected chi connectivity index (χ0v) is 16.5. The molecule has 146 valence electrons. The van der Waals surface area contributed by atoms with Gasteiger partial charge in [0.15, 0.2) is 0 Å². The second kappa shape index (κ2) is 7.40. The van der Waals surface area contributed by atoms with Crippen LogP contribution in [-0.2, 0) is 28.3 Å². The van der Waals surface area contributed by atoms with Crippen LogP contribution in [0.2, 0.25) is 0 Å². The van der Waals surface area contributed by atoms with Crippen LogP contribution >= 0.6 is 0 Å². The van der Waals surface area contributed by atoms with Crippen molar-refractivity contribution < 1.29 is 17.6 Å². The highest BCUT2D eigenvalue weighted by Gasteiger charge is 2.32. The van der Waals surface area contributed by atoms with Gasteiger partial charge < -0.3 is 4.90 Å². The van der Waals surface area contributed by atoms with Crippen molar-refractivity contribution >= 4 is 15.9 Å². The number of sulfonamides is 1. The number of aromatic nitrogens is 2. The van der Waals surface area contributed by atoms with E-state index in [1.165, 1.54) is 22.5 Å². The fourth-order valence-corrected chi connectivity index (χ4v) is 4.79. The second-order valence-electron chi connectivity index (χ2n) is 6.67. The minimum Gasteiger partial charge on any atom is -0.340 e. The summed E-state index contributed by atoms with van der Waals surface area (Å²) in [7, 11) is -2.07. The monoisotopic (exact) mass is 394 g/mol. The third-order valence-electron chi connectivity index (χ3n) is 5.03. The molecule has 1 amide bonds. The summed E-state index contributed by atoms with van der Waals surface area (Å²) >= 11 is 0. The van der Waals surface area contributed by atoms with E-state index in [4.69, 9.17) is 0 Å². The van der Waals surface area contributed by atoms with Gasteiger partial charge in [0.25, 0.3) is 0 Å². The molecule has 1 aliphatic rings. The van der Waals surface area contributed by atoms with Crippen molar-refractivity contribution in [3.05, 3.63) is 47.0 Å². The average Bonchev–Trinajstić information content (AvgIpc) is 2.88. The maximum absolute atomic E-state index is 13.9. The van der Waals surface area contributed by atoms with Crippen LogP contribution in [0.25, 0.3) is 0 Å². The van der Waals surface area contributed by atoms with Gasteiger partial charge >= 0.3 is 0 Å². The van der Waals surface area contributed by atoms with Gasteiger partial charge in [-0.15, -0.1) is 0 Å². The highest BCUT2D eigenvalue weighted by molar-refractivity contribution is 7.89. The third-order valence-corrected chi connectivity index (χ3v) is 6.96. The molecule has 0 N–H and O–H groups in total. The van der Waals surface area contributed by atoms with E-state index in [1.807, 2.05) is 20.9 Å². The van der Waals surface area contributed by atoms with Gasteiger partial charge in [-0.25, -0.2) is 12.8 Å². The normalized spacial score (nSPS) is 15.9. The van der Waals surface area contributed by atoms with E-state index in [0.717, 1.165) is 23.0 Å². The van der Waals surface area contributed by atoms with Crippen molar-refractivity contribution in [2.75, 3.05) is 26.2 Å². The molecule has 1 fully saturated rings. The first-order chi connectivity index (χ1) is 12.7. The number of hydrogen-bond donors (Lipinski definition) is 0. The summed E-state index contributed by atoms with van der Waals surface area (Å²) in [6.45, 7) is 4.65. The summed E-state index contributed by atoms with van der Waals surface area (Å²) < 4.78 is 42.1. The highest BCUT2D eigenvalue weighted by Crippen LogP contribution is 2.21. The minimum atomic E-state index is -3.90. The molecule has 3 rings (SSSR count). The van der Waals surface area contributed by atoms with Gasteiger partial charge in [-0.3, -0.25) is 9.48 Å². The third kappa shape index (κ3) is 3.74. The quantitative estimate of drug-likeness (QED) is 0.782. The molecule has 0 unspecified atom stereocenters. The number of benzene rings is 1. The van der Waals surface area contributed by atoms with Crippen LogP contribution in [0.1, 0.15) is 17.0 Å². The Balaban J connectivity index is 1.66. The lowest BCUT2D eigenvalue weighted by atomic mass is 10.1. The molecule has 0 radical (unpaired) electrons. The van der Waals surface area contributed by atoms with Gasteiger partial charge in [0.2, 0.25) is 15.9 Å². The highest BCUT2D eigenvalue weighted by atomic mass is 32.2. The molecule has 0 bridgehead atoms. The number of carbonyl (C=O) groups is 1. The molecular formula is C18H23FN4O3S. The van der Waals surface area contributed by atoms with E-state index in [2.05, 4.69) is 5.10 Å². The average molecular weight is 394 g/mol. The predicted octanol–water partition coefficient (Wildman–Crippen LogP) is 1.25. The number of hydrogen-bond acceptors (Lipinski definition) is 4. The van der Waals surface area contributed by atoms with E-state index in [1.54, 1.807) is 9.58 Å². The van der Waals surface area contributed by atoms with E-state index in [0.29, 0.717) is 0 Å². The fraction of sp³-hybridized carbons (Fsp3) is 0.444. The number of rotatable bonds is 4. The topological polar surface area (TPSA) is 75.5 Å². The minimum absolute atomic E-state index is 0.0582. The SMILES string of the molecule is Cc1nn(C)c(C)c1CC(=O)N1CCN(S(=O)(=O)c2ccccc2F)CC1. The maximum Gasteiger partial charge on any atom is 0.246 e. The Labute approximate surface area is 158 Å². The Bertz CT molecular complexity index is 963. The van der Waals surface area contributed by atoms with Crippen LogP contribution in [0, 0.1) is 19.7 Å². The van der Waals surface area contributed by atoms with Gasteiger partial charge in [0.1, 0.15) is 10.7 Å². The molecule has 1 aromatic carbocycles. The molecule has 1 aromatic heterocycles. The van der Waals surface area contributed by atoms with E-state index < -0.39 is 15.8 Å². The van der Waals surface area contributed by atoms with Crippen LogP contribution < -0.4 is 0 Å². The first-order valence-electron chi connectivity index (χ1n) is 8.73. The van der Waals surface area contributed by atoms with Gasteiger partial charge in [-0.2, -0.15) is 9.40 Å². The number of nitrogens with zero attached hydrogens (tertiary/aromatic N) is 4. The summed E-state index contributed by atoms with van der Waals surface area (Å²) in [6.07, 6.45) is 0.242. The summed E-state index contributed by atoms with van der Waals surface area (Å²) in [5.74, 6) is -0.823. The number of piperazine rings is 1. The molecule has 9 heteroatoms. The molecule has 0 aliphatic carbocycles. The van der Waals surface area contributed by atoms with Crippen molar-refractivity contribution in [2.45, 2.75) is 25.2 Å². The van der Waals surface area contributed by atoms with E-state index >= 15 is 0 Å². The summed E-state index contributed by atoms with van der Waals surface area (Å²) in [6, 6.07) is 5.34. The largest absolute Gasteiger partial charge is 0.340 e. The Morgan fingerprint density at radius 2 is 1.78 bits per heavy atom. The van der Waals surface area contributed by atoms with Crippen LogP contribution in [0.15, 0.2) is 29.2 Å². The van der Waals surface area contributed by atoms with E-state index in [9.17, 15) is 17.6 Å². The molecule has 27 heavy (non-hydrogen) atoms. The fourth-order valence-electron chi connectivity index (χ4n) is 3.31. The summed E-state index contributed by atoms with van der Waals surface area (Å²) in [4.78, 5) is 13.9. The van der Waals surface area contributed by atoms with E-state index in [-0.39, 0.29) is 43.4 Å². The van der Waals surface area contributed by atoms with Crippen molar-refractivity contribution in [3.63, 3.8) is 0 Å². The van der Waals surface area contributed by atoms with Crippen molar-refractivity contribution in [3.8, 4) is 0 Å². The molecule has 7 nitrogen and oxygen atoms in total. The molecule has 0 spiro atoms. The van der Waals surface area contributed by atoms with Gasteiger partial charge in [0.05, 0.1) is 12.1 Å². The summed E-state index contributed by atoms with van der Waals surface area (Å²) in [5, 5.41) is 4.32. The van der Waals surface area contributed by atoms with Gasteiger partial charge in [-0.1, -0.05) is 12.1 Å². The van der Waals surface area contributed by atoms with Crippen molar-refractivity contribution in [1.29, 1.82) is 0 Å². The maximum atomic E-state index is 13.9. The summed E-state index contributed by atoms with van der Waals surface area (Å²) in [5.41, 5.74) is 2.68. The first-order valence-corrected chi connectivity index (χ1v) is 10.2. The number of halogens is 1. The standard InChI is InChI=1S/C18H23FN4O3S/c1-13-15(14(2)21(3)20-13)12-18(24)22-8-10-23(11-9-22)27(25,26)17-7-5-4-6-16(17)19/h4-7H,8-12H2,1-3H3. The zero-order valence-electron chi connectivity index (χ0n) is 15.6. The Hall–Kier alpha value is -2.26.